The van der Waals surface area contributed by atoms with E-state index in [1.165, 1.54) is 12.5 Å². The molecule has 3 aromatic rings. The molecule has 1 aliphatic rings. The quantitative estimate of drug-likeness (QED) is 0.752. The maximum Gasteiger partial charge on any atom is 0.264 e. The van der Waals surface area contributed by atoms with E-state index < -0.39 is 0 Å². The summed E-state index contributed by atoms with van der Waals surface area (Å²) in [4.78, 5) is 22.9. The highest BCUT2D eigenvalue weighted by atomic mass is 16.1. The normalized spacial score (nSPS) is 17.4. The molecule has 0 spiro atoms. The van der Waals surface area contributed by atoms with Crippen LogP contribution in [-0.2, 0) is 0 Å². The number of para-hydroxylation sites is 2. The van der Waals surface area contributed by atoms with Crippen LogP contribution in [0.15, 0.2) is 41.2 Å². The van der Waals surface area contributed by atoms with Gasteiger partial charge >= 0.3 is 0 Å². The summed E-state index contributed by atoms with van der Waals surface area (Å²) in [7, 11) is 0. The second kappa shape index (κ2) is 7.11. The molecule has 0 bridgehead atoms. The lowest BCUT2D eigenvalue weighted by molar-refractivity contribution is 0.467. The Bertz CT molecular complexity index is 949. The SMILES string of the molecule is Cc1nc2ccccc2nc1NCC1CCCCN1c1ccc(=O)[nH]n1. The average molecular weight is 350 g/mol. The third kappa shape index (κ3) is 3.37. The third-order valence-corrected chi connectivity index (χ3v) is 4.84. The molecule has 4 rings (SSSR count). The molecule has 134 valence electrons. The van der Waals surface area contributed by atoms with E-state index in [1.807, 2.05) is 31.2 Å². The van der Waals surface area contributed by atoms with Crippen molar-refractivity contribution in [3.05, 3.63) is 52.4 Å². The third-order valence-electron chi connectivity index (χ3n) is 4.84. The van der Waals surface area contributed by atoms with Gasteiger partial charge in [0, 0.05) is 25.2 Å². The molecule has 7 nitrogen and oxygen atoms in total. The zero-order chi connectivity index (χ0) is 17.9. The standard InChI is InChI=1S/C19H22N6O/c1-13-19(22-16-8-3-2-7-15(16)21-13)20-12-14-6-4-5-11-25(14)17-9-10-18(26)24-23-17/h2-3,7-10,14H,4-6,11-12H2,1H3,(H,20,22)(H,24,26). The van der Waals surface area contributed by atoms with Crippen molar-refractivity contribution in [1.29, 1.82) is 0 Å². The lowest BCUT2D eigenvalue weighted by Gasteiger charge is -2.36. The predicted octanol–water partition coefficient (Wildman–Crippen LogP) is 2.49. The van der Waals surface area contributed by atoms with Crippen LogP contribution in [0.2, 0.25) is 0 Å². The van der Waals surface area contributed by atoms with Crippen LogP contribution in [0.25, 0.3) is 11.0 Å². The monoisotopic (exact) mass is 350 g/mol. The van der Waals surface area contributed by atoms with Gasteiger partial charge in [0.1, 0.15) is 11.6 Å². The molecule has 7 heteroatoms. The first-order chi connectivity index (χ1) is 12.7. The molecular weight excluding hydrogens is 328 g/mol. The lowest BCUT2D eigenvalue weighted by atomic mass is 10.0. The number of fused-ring (bicyclic) bond motifs is 1. The van der Waals surface area contributed by atoms with Crippen molar-refractivity contribution >= 4 is 22.7 Å². The van der Waals surface area contributed by atoms with E-state index in [1.54, 1.807) is 6.07 Å². The van der Waals surface area contributed by atoms with Crippen LogP contribution in [0.3, 0.4) is 0 Å². The van der Waals surface area contributed by atoms with Gasteiger partial charge in [-0.25, -0.2) is 15.1 Å². The Kier molecular flexibility index (Phi) is 4.51. The number of nitrogens with one attached hydrogen (secondary N) is 2. The van der Waals surface area contributed by atoms with Crippen LogP contribution in [0.1, 0.15) is 25.0 Å². The lowest BCUT2D eigenvalue weighted by Crippen LogP contribution is -2.44. The molecule has 1 aromatic carbocycles. The van der Waals surface area contributed by atoms with Gasteiger partial charge in [0.25, 0.3) is 5.56 Å². The van der Waals surface area contributed by atoms with Crippen molar-refractivity contribution in [1.82, 2.24) is 20.2 Å². The first-order valence-electron chi connectivity index (χ1n) is 9.00. The molecule has 1 saturated heterocycles. The topological polar surface area (TPSA) is 86.8 Å². The van der Waals surface area contributed by atoms with E-state index >= 15 is 0 Å². The molecule has 0 aliphatic carbocycles. The van der Waals surface area contributed by atoms with Crippen LogP contribution in [0.5, 0.6) is 0 Å². The van der Waals surface area contributed by atoms with Gasteiger partial charge < -0.3 is 10.2 Å². The molecule has 1 unspecified atom stereocenters. The van der Waals surface area contributed by atoms with Crippen LogP contribution >= 0.6 is 0 Å². The van der Waals surface area contributed by atoms with Crippen molar-refractivity contribution in [2.45, 2.75) is 32.2 Å². The summed E-state index contributed by atoms with van der Waals surface area (Å²) < 4.78 is 0. The summed E-state index contributed by atoms with van der Waals surface area (Å²) in [6, 6.07) is 11.5. The average Bonchev–Trinajstić information content (AvgIpc) is 2.67. The fourth-order valence-corrected chi connectivity index (χ4v) is 3.48. The maximum atomic E-state index is 11.3. The van der Waals surface area contributed by atoms with Crippen LogP contribution in [0.4, 0.5) is 11.6 Å². The largest absolute Gasteiger partial charge is 0.366 e. The highest BCUT2D eigenvalue weighted by molar-refractivity contribution is 5.76. The Labute approximate surface area is 151 Å². The number of aryl methyl sites for hydroxylation is 1. The second-order valence-corrected chi connectivity index (χ2v) is 6.65. The number of piperidine rings is 1. The molecule has 2 aromatic heterocycles. The van der Waals surface area contributed by atoms with Crippen LogP contribution < -0.4 is 15.8 Å². The summed E-state index contributed by atoms with van der Waals surface area (Å²) in [6.45, 7) is 3.67. The molecule has 0 saturated carbocycles. The Hall–Kier alpha value is -2.96. The Morgan fingerprint density at radius 3 is 2.73 bits per heavy atom. The van der Waals surface area contributed by atoms with Gasteiger partial charge in [-0.3, -0.25) is 4.79 Å². The number of nitrogens with zero attached hydrogens (tertiary/aromatic N) is 4. The number of benzene rings is 1. The zero-order valence-electron chi connectivity index (χ0n) is 14.8. The first kappa shape index (κ1) is 16.5. The number of rotatable bonds is 4. The van der Waals surface area contributed by atoms with E-state index in [4.69, 9.17) is 4.98 Å². The van der Waals surface area contributed by atoms with Crippen molar-refractivity contribution in [2.75, 3.05) is 23.3 Å². The Morgan fingerprint density at radius 1 is 1.15 bits per heavy atom. The Balaban J connectivity index is 1.53. The van der Waals surface area contributed by atoms with Crippen molar-refractivity contribution in [2.24, 2.45) is 0 Å². The molecule has 1 fully saturated rings. The molecule has 1 aliphatic heterocycles. The smallest absolute Gasteiger partial charge is 0.264 e. The van der Waals surface area contributed by atoms with E-state index in [2.05, 4.69) is 25.4 Å². The molecule has 3 heterocycles. The number of aromatic nitrogens is 4. The Morgan fingerprint density at radius 2 is 1.96 bits per heavy atom. The summed E-state index contributed by atoms with van der Waals surface area (Å²) >= 11 is 0. The van der Waals surface area contributed by atoms with Gasteiger partial charge in [-0.05, 0) is 44.4 Å². The zero-order valence-corrected chi connectivity index (χ0v) is 14.8. The van der Waals surface area contributed by atoms with Gasteiger partial charge in [0.15, 0.2) is 0 Å². The van der Waals surface area contributed by atoms with Crippen LogP contribution in [0, 0.1) is 6.92 Å². The van der Waals surface area contributed by atoms with Gasteiger partial charge in [-0.2, -0.15) is 5.10 Å². The molecule has 0 amide bonds. The van der Waals surface area contributed by atoms with E-state index in [0.717, 1.165) is 54.3 Å². The predicted molar refractivity (Wildman–Crippen MR) is 103 cm³/mol. The minimum atomic E-state index is -0.178. The van der Waals surface area contributed by atoms with Gasteiger partial charge in [0.2, 0.25) is 0 Å². The molecule has 2 N–H and O–H groups in total. The van der Waals surface area contributed by atoms with E-state index in [9.17, 15) is 4.79 Å². The van der Waals surface area contributed by atoms with Gasteiger partial charge in [-0.15, -0.1) is 0 Å². The molecule has 26 heavy (non-hydrogen) atoms. The summed E-state index contributed by atoms with van der Waals surface area (Å²) in [5.74, 6) is 1.64. The molecular formula is C19H22N6O. The van der Waals surface area contributed by atoms with E-state index in [0.29, 0.717) is 6.04 Å². The van der Waals surface area contributed by atoms with Gasteiger partial charge in [0.05, 0.1) is 16.7 Å². The van der Waals surface area contributed by atoms with E-state index in [-0.39, 0.29) is 5.56 Å². The summed E-state index contributed by atoms with van der Waals surface area (Å²) in [5, 5.41) is 10.2. The molecule has 1 atom stereocenters. The fraction of sp³-hybridized carbons (Fsp3) is 0.368. The van der Waals surface area contributed by atoms with Crippen molar-refractivity contribution < 1.29 is 0 Å². The minimum Gasteiger partial charge on any atom is -0.366 e. The van der Waals surface area contributed by atoms with Crippen LogP contribution in [-0.4, -0.2) is 39.3 Å². The molecule has 0 radical (unpaired) electrons. The second-order valence-electron chi connectivity index (χ2n) is 6.65. The maximum absolute atomic E-state index is 11.3. The number of aromatic amines is 1. The fourth-order valence-electron chi connectivity index (χ4n) is 3.48. The van der Waals surface area contributed by atoms with Crippen molar-refractivity contribution in [3.63, 3.8) is 0 Å². The van der Waals surface area contributed by atoms with Crippen molar-refractivity contribution in [3.8, 4) is 0 Å². The number of hydrogen-bond acceptors (Lipinski definition) is 6. The number of anilines is 2. The summed E-state index contributed by atoms with van der Waals surface area (Å²) in [5.41, 5.74) is 2.52. The highest BCUT2D eigenvalue weighted by Crippen LogP contribution is 2.23. The first-order valence-corrected chi connectivity index (χ1v) is 9.00. The number of H-pyrrole nitrogens is 1. The van der Waals surface area contributed by atoms with Gasteiger partial charge in [-0.1, -0.05) is 12.1 Å². The highest BCUT2D eigenvalue weighted by Gasteiger charge is 2.24. The summed E-state index contributed by atoms with van der Waals surface area (Å²) in [6.07, 6.45) is 3.40. The minimum absolute atomic E-state index is 0.178. The number of hydrogen-bond donors (Lipinski definition) is 2.